The fourth-order valence-corrected chi connectivity index (χ4v) is 2.79. The fourth-order valence-electron chi connectivity index (χ4n) is 2.79. The predicted octanol–water partition coefficient (Wildman–Crippen LogP) is 0.145. The van der Waals surface area contributed by atoms with Gasteiger partial charge in [0.15, 0.2) is 17.0 Å². The number of amides is 1. The summed E-state index contributed by atoms with van der Waals surface area (Å²) in [7, 11) is 1.56. The predicted molar refractivity (Wildman–Crippen MR) is 117 cm³/mol. The quantitative estimate of drug-likeness (QED) is 0.215. The minimum Gasteiger partial charge on any atom is -0.477 e. The molecule has 1 atom stereocenters. The third-order valence-corrected chi connectivity index (χ3v) is 4.36. The summed E-state index contributed by atoms with van der Waals surface area (Å²) in [5.74, 6) is -2.93. The van der Waals surface area contributed by atoms with Crippen molar-refractivity contribution in [2.24, 2.45) is 4.99 Å². The van der Waals surface area contributed by atoms with Crippen LogP contribution in [0.5, 0.6) is 0 Å². The number of rotatable bonds is 7. The van der Waals surface area contributed by atoms with E-state index in [-0.39, 0.29) is 34.9 Å². The number of esters is 1. The number of hydrogen-bond donors (Lipinski definition) is 4. The first-order chi connectivity index (χ1) is 15.7. The Morgan fingerprint density at radius 2 is 1.79 bits per heavy atom. The van der Waals surface area contributed by atoms with Gasteiger partial charge in [-0.15, -0.1) is 0 Å². The first-order valence-electron chi connectivity index (χ1n) is 9.60. The van der Waals surface area contributed by atoms with Gasteiger partial charge in [0.25, 0.3) is 12.1 Å². The zero-order valence-electron chi connectivity index (χ0n) is 17.6. The van der Waals surface area contributed by atoms with Gasteiger partial charge in [-0.1, -0.05) is 19.1 Å². The molecule has 170 valence electrons. The molecular weight excluding hydrogens is 432 g/mol. The monoisotopic (exact) mass is 452 g/mol. The Balaban J connectivity index is 1.83. The molecule has 0 aliphatic heterocycles. The van der Waals surface area contributed by atoms with Crippen LogP contribution in [0, 0.1) is 0 Å². The molecule has 0 aliphatic carbocycles. The van der Waals surface area contributed by atoms with Gasteiger partial charge in [0.1, 0.15) is 5.69 Å². The smallest absolute Gasteiger partial charge is 0.366 e. The molecule has 2 aromatic heterocycles. The highest BCUT2D eigenvalue weighted by molar-refractivity contribution is 6.12. The molecule has 0 unspecified atom stereocenters. The van der Waals surface area contributed by atoms with E-state index in [1.165, 1.54) is 25.3 Å². The van der Waals surface area contributed by atoms with Gasteiger partial charge in [-0.2, -0.15) is 9.97 Å². The topological polar surface area (TPSA) is 209 Å². The maximum atomic E-state index is 12.4. The minimum absolute atomic E-state index is 0.0186. The Bertz CT molecular complexity index is 1260. The van der Waals surface area contributed by atoms with E-state index in [9.17, 15) is 14.4 Å². The van der Waals surface area contributed by atoms with Gasteiger partial charge < -0.3 is 26.6 Å². The van der Waals surface area contributed by atoms with E-state index >= 15 is 0 Å². The number of carboxylic acids is 1. The molecular formula is C20H20N8O5. The zero-order chi connectivity index (χ0) is 24.1. The third kappa shape index (κ3) is 5.15. The average molecular weight is 452 g/mol. The number of nitrogens with zero attached hydrogens (tertiary/aromatic N) is 5. The molecule has 0 spiro atoms. The number of anilines is 2. The highest BCUT2D eigenvalue weighted by Crippen LogP contribution is 2.17. The lowest BCUT2D eigenvalue weighted by Crippen LogP contribution is -2.44. The van der Waals surface area contributed by atoms with E-state index in [0.717, 1.165) is 0 Å². The molecule has 1 amide bonds. The maximum absolute atomic E-state index is 12.4. The van der Waals surface area contributed by atoms with Crippen molar-refractivity contribution in [3.63, 3.8) is 0 Å². The molecule has 13 heteroatoms. The summed E-state index contributed by atoms with van der Waals surface area (Å²) < 4.78 is 4.71. The van der Waals surface area contributed by atoms with Gasteiger partial charge >= 0.3 is 11.9 Å². The number of benzene rings is 1. The van der Waals surface area contributed by atoms with Gasteiger partial charge in [0.2, 0.25) is 5.95 Å². The number of nitrogens with one attached hydrogen (secondary N) is 1. The summed E-state index contributed by atoms with van der Waals surface area (Å²) in [5.41, 5.74) is 13.5. The van der Waals surface area contributed by atoms with E-state index in [1.807, 2.05) is 0 Å². The first-order valence-corrected chi connectivity index (χ1v) is 9.60. The number of nitrogen functional groups attached to an aromatic ring is 2. The van der Waals surface area contributed by atoms with Crippen LogP contribution in [-0.2, 0) is 14.3 Å². The van der Waals surface area contributed by atoms with Crippen LogP contribution in [0.25, 0.3) is 11.2 Å². The lowest BCUT2D eigenvalue weighted by molar-refractivity contribution is -0.165. The highest BCUT2D eigenvalue weighted by Gasteiger charge is 2.24. The number of aromatic nitrogens is 4. The van der Waals surface area contributed by atoms with Crippen molar-refractivity contribution in [2.45, 2.75) is 19.6 Å². The largest absolute Gasteiger partial charge is 0.477 e. The number of ether oxygens (including phenoxy) is 1. The average Bonchev–Trinajstić information content (AvgIpc) is 2.79. The molecule has 0 fully saturated rings. The minimum atomic E-state index is -1.80. The van der Waals surface area contributed by atoms with E-state index < -0.39 is 24.1 Å². The van der Waals surface area contributed by atoms with Gasteiger partial charge in [-0.25, -0.2) is 14.8 Å². The third-order valence-electron chi connectivity index (χ3n) is 4.36. The number of aliphatic imine (C=N–C) groups is 1. The Hall–Kier alpha value is -4.68. The molecule has 3 rings (SSSR count). The molecule has 0 saturated heterocycles. The van der Waals surface area contributed by atoms with Crippen LogP contribution in [0.1, 0.15) is 35.0 Å². The number of nitrogens with two attached hydrogens (primary N) is 2. The zero-order valence-corrected chi connectivity index (χ0v) is 17.6. The number of fused-ring (bicyclic) bond motifs is 1. The van der Waals surface area contributed by atoms with Gasteiger partial charge in [-0.05, 0) is 12.1 Å². The van der Waals surface area contributed by atoms with Gasteiger partial charge in [0, 0.05) is 24.6 Å². The normalized spacial score (nSPS) is 12.2. The Morgan fingerprint density at radius 1 is 1.12 bits per heavy atom. The molecule has 6 N–H and O–H groups in total. The van der Waals surface area contributed by atoms with Crippen LogP contribution in [0.3, 0.4) is 0 Å². The maximum Gasteiger partial charge on any atom is 0.366 e. The molecule has 2 heterocycles. The van der Waals surface area contributed by atoms with Crippen molar-refractivity contribution in [3.8, 4) is 0 Å². The molecule has 0 saturated carbocycles. The van der Waals surface area contributed by atoms with Crippen LogP contribution in [0.2, 0.25) is 0 Å². The van der Waals surface area contributed by atoms with Crippen molar-refractivity contribution in [1.82, 2.24) is 25.3 Å². The van der Waals surface area contributed by atoms with Crippen LogP contribution in [0.4, 0.5) is 11.8 Å². The number of carboxylic acid groups (broad SMARTS) is 1. The molecule has 0 radical (unpaired) electrons. The lowest BCUT2D eigenvalue weighted by atomic mass is 10.0. The van der Waals surface area contributed by atoms with Crippen molar-refractivity contribution in [1.29, 1.82) is 0 Å². The van der Waals surface area contributed by atoms with Crippen LogP contribution < -0.4 is 16.8 Å². The Morgan fingerprint density at radius 3 is 2.39 bits per heavy atom. The summed E-state index contributed by atoms with van der Waals surface area (Å²) in [6.45, 7) is 1.51. The van der Waals surface area contributed by atoms with Crippen LogP contribution in [0.15, 0.2) is 35.5 Å². The summed E-state index contributed by atoms with van der Waals surface area (Å²) in [6, 6.07) is 6.12. The fraction of sp³-hybridized carbons (Fsp3) is 0.200. The standard InChI is InChI=1S/C20H20N8O5/c1-3-12(29)33-18(19(31)32)28-17(30)10-6-4-9(5-7-10)13(23-2)11-8-24-16-14(25-11)15(21)26-20(22)27-16/h4-8,18H,3H2,1-2H3,(H,28,30)(H,31,32)(H4,21,22,24,26,27)/t18-/m0/s1. The van der Waals surface area contributed by atoms with Crippen molar-refractivity contribution < 1.29 is 24.2 Å². The van der Waals surface area contributed by atoms with E-state index in [0.29, 0.717) is 17.0 Å². The van der Waals surface area contributed by atoms with E-state index in [2.05, 4.69) is 30.2 Å². The molecule has 33 heavy (non-hydrogen) atoms. The van der Waals surface area contributed by atoms with E-state index in [4.69, 9.17) is 21.3 Å². The second-order valence-electron chi connectivity index (χ2n) is 6.58. The Labute approximate surface area is 186 Å². The van der Waals surface area contributed by atoms with E-state index in [1.54, 1.807) is 19.2 Å². The second kappa shape index (κ2) is 9.64. The number of aliphatic carboxylic acids is 1. The highest BCUT2D eigenvalue weighted by atomic mass is 16.6. The molecule has 3 aromatic rings. The molecule has 13 nitrogen and oxygen atoms in total. The number of carbonyl (C=O) groups is 3. The van der Waals surface area contributed by atoms with Crippen LogP contribution >= 0.6 is 0 Å². The van der Waals surface area contributed by atoms with Gasteiger partial charge in [0.05, 0.1) is 11.9 Å². The van der Waals surface area contributed by atoms with Gasteiger partial charge in [-0.3, -0.25) is 14.6 Å². The van der Waals surface area contributed by atoms with Crippen molar-refractivity contribution in [3.05, 3.63) is 47.3 Å². The lowest BCUT2D eigenvalue weighted by Gasteiger charge is -2.15. The van der Waals surface area contributed by atoms with Crippen LogP contribution in [-0.4, -0.2) is 61.9 Å². The molecule has 0 bridgehead atoms. The molecule has 0 aliphatic rings. The number of hydrogen-bond acceptors (Lipinski definition) is 11. The van der Waals surface area contributed by atoms with Crippen molar-refractivity contribution >= 4 is 46.5 Å². The summed E-state index contributed by atoms with van der Waals surface area (Å²) in [4.78, 5) is 55.8. The van der Waals surface area contributed by atoms with Crippen molar-refractivity contribution in [2.75, 3.05) is 18.5 Å². The SMILES string of the molecule is CCC(=O)O[C@H](NC(=O)c1ccc(C(=NC)c2cnc3nc(N)nc(N)c3n2)cc1)C(=O)O. The first kappa shape index (κ1) is 23.0. The summed E-state index contributed by atoms with van der Waals surface area (Å²) in [6.07, 6.45) is -0.375. The molecule has 1 aromatic carbocycles. The summed E-state index contributed by atoms with van der Waals surface area (Å²) >= 11 is 0. The second-order valence-corrected chi connectivity index (χ2v) is 6.58. The number of carbonyl (C=O) groups excluding carboxylic acids is 2. The Kier molecular flexibility index (Phi) is 6.71. The summed E-state index contributed by atoms with van der Waals surface area (Å²) in [5, 5.41) is 11.3.